The molecule has 0 atom stereocenters. The van der Waals surface area contributed by atoms with Crippen LogP contribution in [0, 0.1) is 12.7 Å². The molecule has 0 saturated carbocycles. The van der Waals surface area contributed by atoms with Crippen molar-refractivity contribution in [1.82, 2.24) is 19.4 Å². The molecule has 0 N–H and O–H groups in total. The van der Waals surface area contributed by atoms with Crippen LogP contribution < -0.4 is 5.56 Å². The number of benzene rings is 3. The Morgan fingerprint density at radius 1 is 1.02 bits per heavy atom. The Bertz CT molecular complexity index is 2750. The van der Waals surface area contributed by atoms with E-state index >= 15 is 4.79 Å². The number of alkyl halides is 3. The third kappa shape index (κ3) is 8.54. The molecular weight excluding hydrogens is 640 g/mol. The minimum absolute atomic E-state index is 0.202. The van der Waals surface area contributed by atoms with E-state index in [0.29, 0.717) is 0 Å². The summed E-state index contributed by atoms with van der Waals surface area (Å²) in [6.07, 6.45) is -16.6. The van der Waals surface area contributed by atoms with Gasteiger partial charge in [-0.1, -0.05) is 74.0 Å². The second kappa shape index (κ2) is 15.5. The van der Waals surface area contributed by atoms with Crippen LogP contribution in [0.2, 0.25) is 0 Å². The summed E-state index contributed by atoms with van der Waals surface area (Å²) in [6, 6.07) is -5.54. The van der Waals surface area contributed by atoms with Crippen molar-refractivity contribution in [2.45, 2.75) is 70.0 Å². The summed E-state index contributed by atoms with van der Waals surface area (Å²) < 4.78 is 240. The zero-order valence-corrected chi connectivity index (χ0v) is 26.3. The third-order valence-corrected chi connectivity index (χ3v) is 7.42. The van der Waals surface area contributed by atoms with Crippen LogP contribution in [-0.4, -0.2) is 51.3 Å². The molecule has 3 aromatic carbocycles. The summed E-state index contributed by atoms with van der Waals surface area (Å²) in [6.45, 7) is -10.5. The monoisotopic (exact) mass is 701 g/mol. The van der Waals surface area contributed by atoms with Gasteiger partial charge in [-0.05, 0) is 85.1 Å². The highest BCUT2D eigenvalue weighted by Crippen LogP contribution is 2.34. The molecule has 6 nitrogen and oxygen atoms in total. The lowest BCUT2D eigenvalue weighted by molar-refractivity contribution is -0.138. The molecule has 0 unspecified atom stereocenters. The first-order chi connectivity index (χ1) is 31.2. The number of carbonyl (C=O) groups is 1. The van der Waals surface area contributed by atoms with E-state index < -0.39 is 166 Å². The van der Waals surface area contributed by atoms with Crippen molar-refractivity contribution in [2.24, 2.45) is 0 Å². The van der Waals surface area contributed by atoms with Crippen molar-refractivity contribution in [3.05, 3.63) is 116 Å². The molecule has 0 spiro atoms. The summed E-state index contributed by atoms with van der Waals surface area (Å²) in [5.41, 5.74) is -13.8. The molecular formula is C37H40F4N4O2S. The van der Waals surface area contributed by atoms with E-state index in [9.17, 15) is 27.8 Å². The Hall–Kier alpha value is -3.96. The summed E-state index contributed by atoms with van der Waals surface area (Å²) in [7, 11) is 0. The van der Waals surface area contributed by atoms with E-state index in [2.05, 4.69) is 4.98 Å². The van der Waals surface area contributed by atoms with Gasteiger partial charge in [-0.3, -0.25) is 9.59 Å². The highest BCUT2D eigenvalue weighted by atomic mass is 32.2. The molecule has 254 valence electrons. The van der Waals surface area contributed by atoms with E-state index in [1.165, 1.54) is 13.8 Å². The molecule has 4 aromatic rings. The van der Waals surface area contributed by atoms with Crippen LogP contribution >= 0.6 is 11.8 Å². The van der Waals surface area contributed by atoms with Crippen molar-refractivity contribution in [3.8, 4) is 11.1 Å². The average Bonchev–Trinajstić information content (AvgIpc) is 3.33. The number of aromatic nitrogens is 2. The number of halogens is 4. The lowest BCUT2D eigenvalue weighted by Gasteiger charge is -2.28. The molecule has 0 radical (unpaired) electrons. The van der Waals surface area contributed by atoms with Crippen LogP contribution in [0.1, 0.15) is 82.5 Å². The molecule has 11 heteroatoms. The van der Waals surface area contributed by atoms with E-state index in [4.69, 9.17) is 23.3 Å². The van der Waals surface area contributed by atoms with Gasteiger partial charge in [0.25, 0.3) is 5.56 Å². The number of nitrogens with zero attached hydrogens (tertiary/aromatic N) is 4. The van der Waals surface area contributed by atoms with Gasteiger partial charge < -0.3 is 14.4 Å². The van der Waals surface area contributed by atoms with Crippen molar-refractivity contribution < 1.29 is 51.1 Å². The predicted octanol–water partition coefficient (Wildman–Crippen LogP) is 7.53. The van der Waals surface area contributed by atoms with Gasteiger partial charge in [0.1, 0.15) is 12.3 Å². The summed E-state index contributed by atoms with van der Waals surface area (Å²) in [4.78, 5) is 33.0. The molecule has 0 saturated heterocycles. The van der Waals surface area contributed by atoms with Crippen molar-refractivity contribution in [3.63, 3.8) is 0 Å². The second-order valence-electron chi connectivity index (χ2n) is 9.84. The van der Waals surface area contributed by atoms with E-state index in [0.717, 1.165) is 36.1 Å². The molecule has 1 aliphatic rings. The van der Waals surface area contributed by atoms with Gasteiger partial charge in [-0.2, -0.15) is 18.2 Å². The molecule has 0 fully saturated rings. The van der Waals surface area contributed by atoms with Gasteiger partial charge in [-0.15, -0.1) is 0 Å². The fraction of sp³-hybridized carbons (Fsp3) is 0.378. The molecule has 0 aliphatic heterocycles. The summed E-state index contributed by atoms with van der Waals surface area (Å²) in [5.74, 6) is -3.19. The molecule has 48 heavy (non-hydrogen) atoms. The van der Waals surface area contributed by atoms with Gasteiger partial charge in [0, 0.05) is 50.2 Å². The molecule has 0 bridgehead atoms. The van der Waals surface area contributed by atoms with Gasteiger partial charge >= 0.3 is 6.18 Å². The normalized spacial score (nSPS) is 23.5. The predicted molar refractivity (Wildman–Crippen MR) is 181 cm³/mol. The maximum Gasteiger partial charge on any atom is 0.416 e. The first-order valence-electron chi connectivity index (χ1n) is 24.6. The van der Waals surface area contributed by atoms with Gasteiger partial charge in [0.2, 0.25) is 5.91 Å². The van der Waals surface area contributed by atoms with Gasteiger partial charge in [0.15, 0.2) is 5.16 Å². The SMILES string of the molecule is [2H]c1c([2H])c(-c2c([2H])c([2H])c(C(F)(F)F)c(C)c2[2H])c([2H])c([2H])c1CN(C(=O)C([2H])([2H])n1c(SC([2H])([2H])c2ccc(F)cc2)nc(=O)c2c1C([2H])([2H])C([2H])([2H])C2([2H])[2H])C([2H])([2H])C([2H])([2H])N(CC)CC. The van der Waals surface area contributed by atoms with Crippen LogP contribution in [0.4, 0.5) is 17.6 Å². The number of carbonyl (C=O) groups excluding carboxylic acids is 1. The fourth-order valence-electron chi connectivity index (χ4n) is 4.12. The van der Waals surface area contributed by atoms with Gasteiger partial charge in [-0.25, -0.2) is 4.39 Å². The van der Waals surface area contributed by atoms with Crippen LogP contribution in [0.25, 0.3) is 11.1 Å². The van der Waals surface area contributed by atoms with Crippen LogP contribution in [0.15, 0.2) is 76.5 Å². The van der Waals surface area contributed by atoms with Crippen LogP contribution in [0.3, 0.4) is 0 Å². The Balaban J connectivity index is 1.88. The number of hydrogen-bond acceptors (Lipinski definition) is 5. The fourth-order valence-corrected chi connectivity index (χ4v) is 4.82. The minimum atomic E-state index is -5.25. The Labute approximate surface area is 312 Å². The number of hydrogen-bond donors (Lipinski definition) is 0. The molecule has 1 aromatic heterocycles. The van der Waals surface area contributed by atoms with Crippen LogP contribution in [-0.2, 0) is 42.5 Å². The maximum atomic E-state index is 15.2. The second-order valence-corrected chi connectivity index (χ2v) is 10.6. The third-order valence-electron chi connectivity index (χ3n) is 6.62. The topological polar surface area (TPSA) is 58.4 Å². The molecule has 1 amide bonds. The standard InChI is InChI=1S/C37H40F4N4O2S/c1-4-43(5-2)19-20-44(22-26-9-13-28(14-10-26)29-15-18-32(25(3)21-29)37(39,40)41)34(46)23-45-33-8-6-7-31(33)35(47)42-36(45)48-24-27-11-16-30(38)17-12-27/h9-18,21H,4-8,19-20,22-24H2,1-3H3/i6D2,7D2,8D2,9D,10D,13D,14D,15D,18D,19D2,20D2,21D,23D2,24D2. The zero-order chi connectivity index (χ0) is 53.1. The smallest absolute Gasteiger partial charge is 0.336 e. The molecule has 1 heterocycles. The molecule has 1 aliphatic carbocycles. The van der Waals surface area contributed by atoms with Crippen molar-refractivity contribution in [2.75, 3.05) is 26.1 Å². The van der Waals surface area contributed by atoms with E-state index in [1.807, 2.05) is 0 Å². The van der Waals surface area contributed by atoms with Crippen molar-refractivity contribution in [1.29, 1.82) is 0 Å². The summed E-state index contributed by atoms with van der Waals surface area (Å²) >= 11 is -0.239. The largest absolute Gasteiger partial charge is 0.416 e. The highest BCUT2D eigenvalue weighted by Gasteiger charge is 2.32. The maximum absolute atomic E-state index is 15.2. The minimum Gasteiger partial charge on any atom is -0.336 e. The number of fused-ring (bicyclic) bond motifs is 1. The van der Waals surface area contributed by atoms with Gasteiger partial charge in [0.05, 0.1) is 20.6 Å². The quantitative estimate of drug-likeness (QED) is 0.0820. The van der Waals surface area contributed by atoms with Crippen LogP contribution in [0.5, 0.6) is 0 Å². The average molecular weight is 702 g/mol. The number of thioether (sulfide) groups is 1. The Morgan fingerprint density at radius 3 is 2.38 bits per heavy atom. The first-order valence-corrected chi connectivity index (χ1v) is 15.0. The Kier molecular flexibility index (Phi) is 5.53. The highest BCUT2D eigenvalue weighted by molar-refractivity contribution is 7.98. The Morgan fingerprint density at radius 2 is 1.71 bits per heavy atom. The number of likely N-dealkylation sites (N-methyl/N-ethyl adjacent to an activating group) is 1. The number of rotatable bonds is 13. The van der Waals surface area contributed by atoms with Crippen molar-refractivity contribution >= 4 is 17.7 Å². The lowest BCUT2D eigenvalue weighted by Crippen LogP contribution is -2.40. The summed E-state index contributed by atoms with van der Waals surface area (Å²) in [5, 5.41) is -1.32. The lowest BCUT2D eigenvalue weighted by atomic mass is 9.98. The van der Waals surface area contributed by atoms with E-state index in [1.54, 1.807) is 0 Å². The van der Waals surface area contributed by atoms with E-state index in [-0.39, 0.29) is 34.3 Å². The zero-order valence-electron chi connectivity index (χ0n) is 46.5. The first kappa shape index (κ1) is 17.1. The number of amides is 1. The molecule has 5 rings (SSSR count).